The van der Waals surface area contributed by atoms with Gasteiger partial charge in [0.25, 0.3) is 0 Å². The molecule has 0 aromatic heterocycles. The van der Waals surface area contributed by atoms with Crippen LogP contribution in [0.25, 0.3) is 6.08 Å². The fourth-order valence-corrected chi connectivity index (χ4v) is 2.24. The fraction of sp³-hybridized carbons (Fsp3) is 0.357. The molecule has 1 saturated heterocycles. The van der Waals surface area contributed by atoms with Crippen LogP contribution in [-0.4, -0.2) is 23.7 Å². The number of hydrogen-bond acceptors (Lipinski definition) is 2. The van der Waals surface area contributed by atoms with Crippen LogP contribution >= 0.6 is 12.4 Å². The highest BCUT2D eigenvalue weighted by Gasteiger charge is 2.31. The lowest BCUT2D eigenvalue weighted by Crippen LogP contribution is -2.35. The standard InChI is InChI=1S/C14H17NO2.ClH/c16-14(17)13-12(9-10-15-13)8-4-7-11-5-2-1-3-6-11;/h1-7,12-13,15H,8-10H2,(H,16,17);1H/t12?,13-;/m0./s1. The van der Waals surface area contributed by atoms with Crippen molar-refractivity contribution in [1.82, 2.24) is 5.32 Å². The molecule has 3 nitrogen and oxygen atoms in total. The van der Waals surface area contributed by atoms with Crippen LogP contribution in [0.15, 0.2) is 36.4 Å². The molecule has 2 N–H and O–H groups in total. The Morgan fingerprint density at radius 1 is 1.39 bits per heavy atom. The summed E-state index contributed by atoms with van der Waals surface area (Å²) < 4.78 is 0. The van der Waals surface area contributed by atoms with Crippen molar-refractivity contribution in [3.8, 4) is 0 Å². The molecule has 0 saturated carbocycles. The van der Waals surface area contributed by atoms with Crippen LogP contribution < -0.4 is 5.32 Å². The van der Waals surface area contributed by atoms with E-state index in [4.69, 9.17) is 5.11 Å². The van der Waals surface area contributed by atoms with Gasteiger partial charge in [0.05, 0.1) is 0 Å². The first-order valence-corrected chi connectivity index (χ1v) is 5.95. The maximum absolute atomic E-state index is 11.0. The van der Waals surface area contributed by atoms with Crippen molar-refractivity contribution in [3.05, 3.63) is 42.0 Å². The van der Waals surface area contributed by atoms with Crippen LogP contribution in [0.4, 0.5) is 0 Å². The highest BCUT2D eigenvalue weighted by molar-refractivity contribution is 5.85. The van der Waals surface area contributed by atoms with Crippen LogP contribution in [-0.2, 0) is 4.79 Å². The van der Waals surface area contributed by atoms with E-state index < -0.39 is 5.97 Å². The zero-order valence-corrected chi connectivity index (χ0v) is 10.9. The van der Waals surface area contributed by atoms with Crippen molar-refractivity contribution < 1.29 is 9.90 Å². The average Bonchev–Trinajstić information content (AvgIpc) is 2.79. The third-order valence-corrected chi connectivity index (χ3v) is 3.17. The van der Waals surface area contributed by atoms with E-state index in [0.717, 1.165) is 24.9 Å². The van der Waals surface area contributed by atoms with Gasteiger partial charge in [0.15, 0.2) is 0 Å². The van der Waals surface area contributed by atoms with Gasteiger partial charge in [-0.3, -0.25) is 4.79 Å². The van der Waals surface area contributed by atoms with E-state index in [2.05, 4.69) is 17.5 Å². The summed E-state index contributed by atoms with van der Waals surface area (Å²) in [5.74, 6) is -0.520. The first-order chi connectivity index (χ1) is 8.27. The molecular formula is C14H18ClNO2. The van der Waals surface area contributed by atoms with Crippen LogP contribution in [0.1, 0.15) is 18.4 Å². The molecule has 1 fully saturated rings. The topological polar surface area (TPSA) is 49.3 Å². The molecule has 1 aliphatic heterocycles. The molecule has 18 heavy (non-hydrogen) atoms. The molecule has 4 heteroatoms. The van der Waals surface area contributed by atoms with Crippen molar-refractivity contribution in [2.45, 2.75) is 18.9 Å². The third-order valence-electron chi connectivity index (χ3n) is 3.17. The number of halogens is 1. The number of carboxylic acids is 1. The van der Waals surface area contributed by atoms with Crippen molar-refractivity contribution in [3.63, 3.8) is 0 Å². The van der Waals surface area contributed by atoms with Crippen molar-refractivity contribution in [2.75, 3.05) is 6.54 Å². The molecule has 0 aliphatic carbocycles. The minimum Gasteiger partial charge on any atom is -0.480 e. The molecule has 0 radical (unpaired) electrons. The summed E-state index contributed by atoms with van der Waals surface area (Å²) in [5.41, 5.74) is 1.16. The summed E-state index contributed by atoms with van der Waals surface area (Å²) in [4.78, 5) is 11.0. The van der Waals surface area contributed by atoms with Gasteiger partial charge in [0.2, 0.25) is 0 Å². The Kier molecular flexibility index (Phi) is 5.89. The summed E-state index contributed by atoms with van der Waals surface area (Å²) in [6.45, 7) is 0.806. The summed E-state index contributed by atoms with van der Waals surface area (Å²) in [5, 5.41) is 12.0. The molecule has 0 bridgehead atoms. The van der Waals surface area contributed by atoms with Gasteiger partial charge in [-0.15, -0.1) is 12.4 Å². The van der Waals surface area contributed by atoms with E-state index in [-0.39, 0.29) is 24.4 Å². The third kappa shape index (κ3) is 3.86. The normalized spacial score (nSPS) is 22.9. The van der Waals surface area contributed by atoms with Crippen LogP contribution in [0.5, 0.6) is 0 Å². The number of nitrogens with one attached hydrogen (secondary N) is 1. The monoisotopic (exact) mass is 267 g/mol. The number of carbonyl (C=O) groups is 1. The number of allylic oxidation sites excluding steroid dienone is 1. The Bertz CT molecular complexity index is 406. The molecule has 0 amide bonds. The minimum atomic E-state index is -0.736. The Morgan fingerprint density at radius 2 is 2.11 bits per heavy atom. The first kappa shape index (κ1) is 14.7. The minimum absolute atomic E-state index is 0. The van der Waals surface area contributed by atoms with E-state index in [1.807, 2.05) is 30.3 Å². The predicted octanol–water partition coefficient (Wildman–Crippen LogP) is 2.57. The van der Waals surface area contributed by atoms with Gasteiger partial charge in [-0.25, -0.2) is 0 Å². The number of aliphatic carboxylic acids is 1. The van der Waals surface area contributed by atoms with E-state index in [1.165, 1.54) is 0 Å². The zero-order chi connectivity index (χ0) is 12.1. The van der Waals surface area contributed by atoms with Crippen molar-refractivity contribution >= 4 is 24.5 Å². The molecule has 2 atom stereocenters. The molecule has 1 aromatic carbocycles. The summed E-state index contributed by atoms with van der Waals surface area (Å²) in [6.07, 6.45) is 5.88. The molecule has 1 aromatic rings. The number of hydrogen-bond donors (Lipinski definition) is 2. The van der Waals surface area contributed by atoms with Crippen molar-refractivity contribution in [1.29, 1.82) is 0 Å². The number of benzene rings is 1. The Morgan fingerprint density at radius 3 is 2.78 bits per heavy atom. The lowest BCUT2D eigenvalue weighted by atomic mass is 9.96. The largest absolute Gasteiger partial charge is 0.480 e. The van der Waals surface area contributed by atoms with Crippen LogP contribution in [0.2, 0.25) is 0 Å². The van der Waals surface area contributed by atoms with Gasteiger partial charge in [-0.1, -0.05) is 42.5 Å². The second kappa shape index (κ2) is 7.19. The van der Waals surface area contributed by atoms with Gasteiger partial charge in [0, 0.05) is 0 Å². The van der Waals surface area contributed by atoms with Gasteiger partial charge < -0.3 is 10.4 Å². The summed E-state index contributed by atoms with van der Waals surface area (Å²) >= 11 is 0. The molecule has 98 valence electrons. The zero-order valence-electron chi connectivity index (χ0n) is 10.1. The summed E-state index contributed by atoms with van der Waals surface area (Å²) in [7, 11) is 0. The van der Waals surface area contributed by atoms with Gasteiger partial charge in [-0.05, 0) is 30.9 Å². The molecular weight excluding hydrogens is 250 g/mol. The Hall–Kier alpha value is -1.32. The highest BCUT2D eigenvalue weighted by Crippen LogP contribution is 2.20. The van der Waals surface area contributed by atoms with E-state index in [0.29, 0.717) is 0 Å². The first-order valence-electron chi connectivity index (χ1n) is 5.95. The number of rotatable bonds is 4. The molecule has 0 spiro atoms. The predicted molar refractivity (Wildman–Crippen MR) is 74.9 cm³/mol. The fourth-order valence-electron chi connectivity index (χ4n) is 2.24. The number of carboxylic acid groups (broad SMARTS) is 1. The van der Waals surface area contributed by atoms with Gasteiger partial charge >= 0.3 is 5.97 Å². The van der Waals surface area contributed by atoms with E-state index in [9.17, 15) is 4.79 Å². The molecule has 1 heterocycles. The Balaban J connectivity index is 0.00000162. The molecule has 1 aliphatic rings. The maximum atomic E-state index is 11.0. The van der Waals surface area contributed by atoms with Crippen LogP contribution in [0.3, 0.4) is 0 Å². The quantitative estimate of drug-likeness (QED) is 0.882. The maximum Gasteiger partial charge on any atom is 0.320 e. The second-order valence-corrected chi connectivity index (χ2v) is 4.37. The summed E-state index contributed by atoms with van der Waals surface area (Å²) in [6, 6.07) is 9.68. The molecule has 1 unspecified atom stereocenters. The Labute approximate surface area is 113 Å². The van der Waals surface area contributed by atoms with E-state index >= 15 is 0 Å². The van der Waals surface area contributed by atoms with Gasteiger partial charge in [0.1, 0.15) is 6.04 Å². The van der Waals surface area contributed by atoms with Crippen LogP contribution in [0, 0.1) is 5.92 Å². The molecule has 2 rings (SSSR count). The lowest BCUT2D eigenvalue weighted by molar-refractivity contribution is -0.140. The SMILES string of the molecule is Cl.O=C(O)[C@H]1NCCC1CC=Cc1ccccc1. The lowest BCUT2D eigenvalue weighted by Gasteiger charge is -2.12. The highest BCUT2D eigenvalue weighted by atomic mass is 35.5. The second-order valence-electron chi connectivity index (χ2n) is 4.37. The van der Waals surface area contributed by atoms with Crippen molar-refractivity contribution in [2.24, 2.45) is 5.92 Å². The smallest absolute Gasteiger partial charge is 0.320 e. The average molecular weight is 268 g/mol. The van der Waals surface area contributed by atoms with Gasteiger partial charge in [-0.2, -0.15) is 0 Å². The van der Waals surface area contributed by atoms with E-state index in [1.54, 1.807) is 0 Å².